The lowest BCUT2D eigenvalue weighted by Crippen LogP contribution is -2.38. The summed E-state index contributed by atoms with van der Waals surface area (Å²) in [5, 5.41) is 6.55. The zero-order valence-electron chi connectivity index (χ0n) is 13.2. The lowest BCUT2D eigenvalue weighted by Gasteiger charge is -2.13. The Labute approximate surface area is 145 Å². The van der Waals surface area contributed by atoms with Gasteiger partial charge in [-0.15, -0.1) is 24.0 Å². The molecule has 1 aliphatic rings. The number of ether oxygens (including phenoxy) is 3. The van der Waals surface area contributed by atoms with Gasteiger partial charge in [-0.25, -0.2) is 0 Å². The molecular weight excluding hydrogens is 385 g/mol. The third-order valence-electron chi connectivity index (χ3n) is 3.01. The molecule has 0 aromatic heterocycles. The molecule has 1 atom stereocenters. The molecule has 6 nitrogen and oxygen atoms in total. The second-order valence-electron chi connectivity index (χ2n) is 4.74. The molecular formula is C14H30IN3O3. The summed E-state index contributed by atoms with van der Waals surface area (Å²) in [6, 6.07) is 0. The Hall–Kier alpha value is -0.120. The van der Waals surface area contributed by atoms with Crippen molar-refractivity contribution in [3.8, 4) is 0 Å². The van der Waals surface area contributed by atoms with Gasteiger partial charge in [0.05, 0.1) is 25.9 Å². The van der Waals surface area contributed by atoms with Crippen molar-refractivity contribution in [2.24, 2.45) is 4.99 Å². The zero-order valence-corrected chi connectivity index (χ0v) is 15.6. The molecule has 7 heteroatoms. The molecule has 0 bridgehead atoms. The molecule has 0 saturated carbocycles. The van der Waals surface area contributed by atoms with Crippen LogP contribution in [0.3, 0.4) is 0 Å². The van der Waals surface area contributed by atoms with Crippen molar-refractivity contribution in [3.05, 3.63) is 0 Å². The van der Waals surface area contributed by atoms with Crippen LogP contribution in [0.2, 0.25) is 0 Å². The molecule has 1 aliphatic heterocycles. The third-order valence-corrected chi connectivity index (χ3v) is 3.01. The zero-order chi connectivity index (χ0) is 14.5. The minimum absolute atomic E-state index is 0. The third kappa shape index (κ3) is 11.1. The highest BCUT2D eigenvalue weighted by Gasteiger charge is 2.14. The van der Waals surface area contributed by atoms with Crippen molar-refractivity contribution in [1.82, 2.24) is 10.6 Å². The summed E-state index contributed by atoms with van der Waals surface area (Å²) in [5.74, 6) is 0.861. The van der Waals surface area contributed by atoms with Crippen LogP contribution in [0.5, 0.6) is 0 Å². The molecule has 21 heavy (non-hydrogen) atoms. The van der Waals surface area contributed by atoms with Gasteiger partial charge in [-0.3, -0.25) is 4.99 Å². The van der Waals surface area contributed by atoms with Crippen LogP contribution in [0.25, 0.3) is 0 Å². The predicted octanol–water partition coefficient (Wildman–Crippen LogP) is 1.39. The minimum Gasteiger partial charge on any atom is -0.382 e. The summed E-state index contributed by atoms with van der Waals surface area (Å²) in [6.07, 6.45) is 3.52. The summed E-state index contributed by atoms with van der Waals surface area (Å²) in [4.78, 5) is 4.55. The van der Waals surface area contributed by atoms with E-state index in [1.165, 1.54) is 0 Å². The van der Waals surface area contributed by atoms with Gasteiger partial charge in [0.15, 0.2) is 5.96 Å². The molecule has 1 fully saturated rings. The first-order chi connectivity index (χ1) is 9.86. The Morgan fingerprint density at radius 2 is 2.14 bits per heavy atom. The van der Waals surface area contributed by atoms with E-state index >= 15 is 0 Å². The molecule has 1 heterocycles. The van der Waals surface area contributed by atoms with E-state index in [4.69, 9.17) is 14.2 Å². The summed E-state index contributed by atoms with van der Waals surface area (Å²) < 4.78 is 15.9. The Balaban J connectivity index is 0.00000400. The molecule has 1 rings (SSSR count). The van der Waals surface area contributed by atoms with Crippen LogP contribution in [0.15, 0.2) is 4.99 Å². The summed E-state index contributed by atoms with van der Waals surface area (Å²) >= 11 is 0. The highest BCUT2D eigenvalue weighted by Crippen LogP contribution is 2.11. The maximum absolute atomic E-state index is 5.57. The fourth-order valence-corrected chi connectivity index (χ4v) is 1.95. The first-order valence-corrected chi connectivity index (χ1v) is 7.57. The number of nitrogens with one attached hydrogen (secondary N) is 2. The lowest BCUT2D eigenvalue weighted by molar-refractivity contribution is 0.0698. The Morgan fingerprint density at radius 1 is 1.29 bits per heavy atom. The first kappa shape index (κ1) is 20.9. The highest BCUT2D eigenvalue weighted by atomic mass is 127. The van der Waals surface area contributed by atoms with E-state index in [9.17, 15) is 0 Å². The van der Waals surface area contributed by atoms with Crippen molar-refractivity contribution in [1.29, 1.82) is 0 Å². The smallest absolute Gasteiger partial charge is 0.191 e. The van der Waals surface area contributed by atoms with E-state index in [1.807, 2.05) is 0 Å². The van der Waals surface area contributed by atoms with Crippen LogP contribution < -0.4 is 10.6 Å². The lowest BCUT2D eigenvalue weighted by atomic mass is 10.2. The number of hydrogen-bond acceptors (Lipinski definition) is 4. The van der Waals surface area contributed by atoms with E-state index < -0.39 is 0 Å². The van der Waals surface area contributed by atoms with Gasteiger partial charge in [0, 0.05) is 33.4 Å². The van der Waals surface area contributed by atoms with E-state index in [-0.39, 0.29) is 24.0 Å². The van der Waals surface area contributed by atoms with Gasteiger partial charge in [0.25, 0.3) is 0 Å². The van der Waals surface area contributed by atoms with Gasteiger partial charge >= 0.3 is 0 Å². The predicted molar refractivity (Wildman–Crippen MR) is 95.7 cm³/mol. The van der Waals surface area contributed by atoms with Crippen molar-refractivity contribution < 1.29 is 14.2 Å². The summed E-state index contributed by atoms with van der Waals surface area (Å²) in [7, 11) is 1.68. The topological polar surface area (TPSA) is 64.1 Å². The second kappa shape index (κ2) is 14.8. The van der Waals surface area contributed by atoms with Crippen LogP contribution in [0, 0.1) is 0 Å². The summed E-state index contributed by atoms with van der Waals surface area (Å²) in [6.45, 7) is 7.44. The fraction of sp³-hybridized carbons (Fsp3) is 0.929. The molecule has 2 N–H and O–H groups in total. The van der Waals surface area contributed by atoms with Gasteiger partial charge in [-0.2, -0.15) is 0 Å². The Kier molecular flexibility index (Phi) is 14.7. The van der Waals surface area contributed by atoms with Crippen molar-refractivity contribution >= 4 is 29.9 Å². The largest absolute Gasteiger partial charge is 0.382 e. The molecule has 0 spiro atoms. The molecule has 126 valence electrons. The average molecular weight is 415 g/mol. The van der Waals surface area contributed by atoms with Crippen LogP contribution in [-0.2, 0) is 14.2 Å². The molecule has 0 aromatic rings. The second-order valence-corrected chi connectivity index (χ2v) is 4.74. The molecule has 0 aromatic carbocycles. The van der Waals surface area contributed by atoms with Gasteiger partial charge in [-0.1, -0.05) is 0 Å². The summed E-state index contributed by atoms with van der Waals surface area (Å²) in [5.41, 5.74) is 0. The number of nitrogens with zero attached hydrogens (tertiary/aromatic N) is 1. The van der Waals surface area contributed by atoms with E-state index in [2.05, 4.69) is 22.5 Å². The minimum atomic E-state index is 0. The number of methoxy groups -OCH3 is 1. The number of halogens is 1. The van der Waals surface area contributed by atoms with Crippen molar-refractivity contribution in [2.45, 2.75) is 32.3 Å². The van der Waals surface area contributed by atoms with E-state index in [0.29, 0.717) is 19.3 Å². The molecule has 0 radical (unpaired) electrons. The van der Waals surface area contributed by atoms with Crippen LogP contribution in [0.1, 0.15) is 26.2 Å². The number of hydrogen-bond donors (Lipinski definition) is 2. The van der Waals surface area contributed by atoms with Crippen LogP contribution >= 0.6 is 24.0 Å². The fourth-order valence-electron chi connectivity index (χ4n) is 1.95. The normalized spacial score (nSPS) is 18.4. The number of aliphatic imine (C=N–C) groups is 1. The van der Waals surface area contributed by atoms with Gasteiger partial charge < -0.3 is 24.8 Å². The van der Waals surface area contributed by atoms with Gasteiger partial charge in [0.1, 0.15) is 0 Å². The maximum atomic E-state index is 5.57. The van der Waals surface area contributed by atoms with E-state index in [0.717, 1.165) is 58.1 Å². The first-order valence-electron chi connectivity index (χ1n) is 7.57. The van der Waals surface area contributed by atoms with Crippen molar-refractivity contribution in [2.75, 3.05) is 53.2 Å². The number of rotatable bonds is 10. The highest BCUT2D eigenvalue weighted by molar-refractivity contribution is 14.0. The quantitative estimate of drug-likeness (QED) is 0.244. The molecule has 1 saturated heterocycles. The Morgan fingerprint density at radius 3 is 2.81 bits per heavy atom. The maximum Gasteiger partial charge on any atom is 0.191 e. The molecule has 0 aliphatic carbocycles. The number of guanidine groups is 1. The van der Waals surface area contributed by atoms with E-state index in [1.54, 1.807) is 7.11 Å². The monoisotopic (exact) mass is 415 g/mol. The van der Waals surface area contributed by atoms with Crippen molar-refractivity contribution in [3.63, 3.8) is 0 Å². The molecule has 1 unspecified atom stereocenters. The molecule has 0 amide bonds. The van der Waals surface area contributed by atoms with Gasteiger partial charge in [0.2, 0.25) is 0 Å². The Bertz CT molecular complexity index is 262. The average Bonchev–Trinajstić information content (AvgIpc) is 2.97. The van der Waals surface area contributed by atoms with Gasteiger partial charge in [-0.05, 0) is 26.2 Å². The standard InChI is InChI=1S/C14H29N3O3.HI/c1-3-15-14(17-12-13-6-4-9-20-13)16-7-5-8-19-11-10-18-2;/h13H,3-12H2,1-2H3,(H2,15,16,17);1H. The SMILES string of the molecule is CCNC(=NCC1CCCO1)NCCCOCCOC.I. The van der Waals surface area contributed by atoms with Crippen LogP contribution in [0.4, 0.5) is 0 Å². The van der Waals surface area contributed by atoms with Crippen LogP contribution in [-0.4, -0.2) is 65.2 Å².